The van der Waals surface area contributed by atoms with Crippen molar-refractivity contribution < 1.29 is 4.52 Å². The minimum Gasteiger partial charge on any atom is -0.356 e. The number of hydrogen-bond donors (Lipinski definition) is 0. The zero-order chi connectivity index (χ0) is 16.2. The Balaban J connectivity index is 1.83. The first-order chi connectivity index (χ1) is 11.2. The molecule has 2 nitrogen and oxygen atoms in total. The Morgan fingerprint density at radius 2 is 1.65 bits per heavy atom. The third-order valence-electron chi connectivity index (χ3n) is 3.96. The van der Waals surface area contributed by atoms with Crippen LogP contribution in [0.4, 0.5) is 0 Å². The largest absolute Gasteiger partial charge is 0.356 e. The standard InChI is InChI=1S/C21H21NO/c1-4-5-16-6-8-19(9-7-16)21-14-20(22-23-21)18-12-10-17(11-13-18)15(2)3/h6-14H,2,4-5H2,1,3H3. The molecule has 0 aliphatic heterocycles. The molecule has 0 unspecified atom stereocenters. The van der Waals surface area contributed by atoms with E-state index in [2.05, 4.69) is 67.2 Å². The normalized spacial score (nSPS) is 10.7. The topological polar surface area (TPSA) is 26.0 Å². The van der Waals surface area contributed by atoms with E-state index in [-0.39, 0.29) is 0 Å². The Hall–Kier alpha value is -2.61. The Morgan fingerprint density at radius 3 is 2.26 bits per heavy atom. The lowest BCUT2D eigenvalue weighted by Crippen LogP contribution is -1.82. The number of allylic oxidation sites excluding steroid dienone is 1. The number of hydrogen-bond acceptors (Lipinski definition) is 2. The van der Waals surface area contributed by atoms with Gasteiger partial charge in [0.15, 0.2) is 5.76 Å². The molecule has 1 heterocycles. The molecule has 0 amide bonds. The molecule has 0 radical (unpaired) electrons. The van der Waals surface area contributed by atoms with Gasteiger partial charge in [-0.15, -0.1) is 0 Å². The summed E-state index contributed by atoms with van der Waals surface area (Å²) in [4.78, 5) is 0. The van der Waals surface area contributed by atoms with Crippen molar-refractivity contribution in [1.82, 2.24) is 5.16 Å². The molecule has 2 aromatic carbocycles. The summed E-state index contributed by atoms with van der Waals surface area (Å²) < 4.78 is 5.52. The second kappa shape index (κ2) is 6.66. The molecule has 0 aliphatic rings. The van der Waals surface area contributed by atoms with E-state index < -0.39 is 0 Å². The van der Waals surface area contributed by atoms with Crippen molar-refractivity contribution in [2.24, 2.45) is 0 Å². The lowest BCUT2D eigenvalue weighted by atomic mass is 10.0. The van der Waals surface area contributed by atoms with Crippen molar-refractivity contribution in [3.63, 3.8) is 0 Å². The van der Waals surface area contributed by atoms with Gasteiger partial charge in [-0.25, -0.2) is 0 Å². The fourth-order valence-corrected chi connectivity index (χ4v) is 2.60. The third-order valence-corrected chi connectivity index (χ3v) is 3.96. The van der Waals surface area contributed by atoms with Gasteiger partial charge < -0.3 is 4.52 Å². The summed E-state index contributed by atoms with van der Waals surface area (Å²) in [5.41, 5.74) is 6.51. The number of rotatable bonds is 5. The molecule has 0 spiro atoms. The average Bonchev–Trinajstić information content (AvgIpc) is 3.06. The first-order valence-corrected chi connectivity index (χ1v) is 7.99. The van der Waals surface area contributed by atoms with Crippen LogP contribution in [0, 0.1) is 0 Å². The van der Waals surface area contributed by atoms with Gasteiger partial charge in [0.25, 0.3) is 0 Å². The minimum absolute atomic E-state index is 0.798. The average molecular weight is 303 g/mol. The summed E-state index contributed by atoms with van der Waals surface area (Å²) in [7, 11) is 0. The summed E-state index contributed by atoms with van der Waals surface area (Å²) in [6, 6.07) is 18.7. The lowest BCUT2D eigenvalue weighted by molar-refractivity contribution is 0.435. The first kappa shape index (κ1) is 15.3. The van der Waals surface area contributed by atoms with E-state index in [0.29, 0.717) is 0 Å². The zero-order valence-corrected chi connectivity index (χ0v) is 13.7. The molecule has 116 valence electrons. The van der Waals surface area contributed by atoms with Crippen LogP contribution in [0.5, 0.6) is 0 Å². The van der Waals surface area contributed by atoms with Crippen molar-refractivity contribution in [2.75, 3.05) is 0 Å². The van der Waals surface area contributed by atoms with E-state index >= 15 is 0 Å². The van der Waals surface area contributed by atoms with Crippen molar-refractivity contribution in [3.8, 4) is 22.6 Å². The summed E-state index contributed by atoms with van der Waals surface area (Å²) in [5, 5.41) is 4.20. The van der Waals surface area contributed by atoms with Gasteiger partial charge >= 0.3 is 0 Å². The number of aromatic nitrogens is 1. The van der Waals surface area contributed by atoms with Crippen LogP contribution in [-0.4, -0.2) is 5.16 Å². The van der Waals surface area contributed by atoms with Gasteiger partial charge in [0, 0.05) is 17.2 Å². The summed E-state index contributed by atoms with van der Waals surface area (Å²) >= 11 is 0. The molecular weight excluding hydrogens is 282 g/mol. The van der Waals surface area contributed by atoms with E-state index in [1.54, 1.807) is 0 Å². The van der Waals surface area contributed by atoms with Gasteiger partial charge in [0.2, 0.25) is 0 Å². The van der Waals surface area contributed by atoms with Crippen molar-refractivity contribution in [2.45, 2.75) is 26.7 Å². The van der Waals surface area contributed by atoms with Crippen molar-refractivity contribution in [1.29, 1.82) is 0 Å². The molecule has 1 aromatic heterocycles. The van der Waals surface area contributed by atoms with Crippen LogP contribution in [0.25, 0.3) is 28.2 Å². The molecule has 3 rings (SSSR count). The Kier molecular flexibility index (Phi) is 4.42. The van der Waals surface area contributed by atoms with Crippen molar-refractivity contribution >= 4 is 5.57 Å². The van der Waals surface area contributed by atoms with Crippen molar-refractivity contribution in [3.05, 3.63) is 72.3 Å². The van der Waals surface area contributed by atoms with Gasteiger partial charge in [-0.05, 0) is 24.5 Å². The molecule has 3 aromatic rings. The van der Waals surface area contributed by atoms with Crippen LogP contribution in [0.3, 0.4) is 0 Å². The van der Waals surface area contributed by atoms with Crippen LogP contribution in [0.2, 0.25) is 0 Å². The number of benzene rings is 2. The Bertz CT molecular complexity index is 795. The summed E-state index contributed by atoms with van der Waals surface area (Å²) in [6.45, 7) is 8.15. The molecular formula is C21H21NO. The highest BCUT2D eigenvalue weighted by Crippen LogP contribution is 2.27. The molecule has 0 N–H and O–H groups in total. The van der Waals surface area contributed by atoms with Gasteiger partial charge in [0.1, 0.15) is 5.69 Å². The molecule has 0 aliphatic carbocycles. The number of nitrogens with zero attached hydrogens (tertiary/aromatic N) is 1. The minimum atomic E-state index is 0.798. The molecule has 0 saturated heterocycles. The quantitative estimate of drug-likeness (QED) is 0.578. The fourth-order valence-electron chi connectivity index (χ4n) is 2.60. The van der Waals surface area contributed by atoms with Crippen LogP contribution in [0.1, 0.15) is 31.4 Å². The van der Waals surface area contributed by atoms with Crippen LogP contribution in [0.15, 0.2) is 65.7 Å². The number of aryl methyl sites for hydroxylation is 1. The highest BCUT2D eigenvalue weighted by Gasteiger charge is 2.09. The van der Waals surface area contributed by atoms with Gasteiger partial charge in [0.05, 0.1) is 0 Å². The predicted molar refractivity (Wildman–Crippen MR) is 96.1 cm³/mol. The molecule has 0 saturated carbocycles. The van der Waals surface area contributed by atoms with E-state index in [9.17, 15) is 0 Å². The monoisotopic (exact) mass is 303 g/mol. The summed E-state index contributed by atoms with van der Waals surface area (Å²) in [5.74, 6) is 0.798. The van der Waals surface area contributed by atoms with Crippen LogP contribution >= 0.6 is 0 Å². The Morgan fingerprint density at radius 1 is 1.00 bits per heavy atom. The van der Waals surface area contributed by atoms with E-state index in [1.807, 2.05) is 13.0 Å². The summed E-state index contributed by atoms with van der Waals surface area (Å²) in [6.07, 6.45) is 2.27. The zero-order valence-electron chi connectivity index (χ0n) is 13.7. The SMILES string of the molecule is C=C(C)c1ccc(-c2cc(-c3ccc(CCC)cc3)on2)cc1. The molecule has 0 bridgehead atoms. The Labute approximate surface area is 137 Å². The third kappa shape index (κ3) is 3.42. The van der Waals surface area contributed by atoms with E-state index in [4.69, 9.17) is 4.52 Å². The second-order valence-electron chi connectivity index (χ2n) is 5.88. The van der Waals surface area contributed by atoms with Gasteiger partial charge in [-0.1, -0.05) is 79.2 Å². The van der Waals surface area contributed by atoms with E-state index in [1.165, 1.54) is 5.56 Å². The van der Waals surface area contributed by atoms with Crippen LogP contribution < -0.4 is 0 Å². The first-order valence-electron chi connectivity index (χ1n) is 7.99. The van der Waals surface area contributed by atoms with Gasteiger partial charge in [-0.2, -0.15) is 0 Å². The molecule has 0 fully saturated rings. The molecule has 23 heavy (non-hydrogen) atoms. The molecule has 2 heteroatoms. The van der Waals surface area contributed by atoms with E-state index in [0.717, 1.165) is 46.6 Å². The second-order valence-corrected chi connectivity index (χ2v) is 5.88. The fraction of sp³-hybridized carbons (Fsp3) is 0.190. The highest BCUT2D eigenvalue weighted by atomic mass is 16.5. The predicted octanol–water partition coefficient (Wildman–Crippen LogP) is 5.99. The smallest absolute Gasteiger partial charge is 0.167 e. The maximum absolute atomic E-state index is 5.52. The lowest BCUT2D eigenvalue weighted by Gasteiger charge is -2.00. The maximum atomic E-state index is 5.52. The molecule has 0 atom stereocenters. The maximum Gasteiger partial charge on any atom is 0.167 e. The highest BCUT2D eigenvalue weighted by molar-refractivity contribution is 5.69. The van der Waals surface area contributed by atoms with Gasteiger partial charge in [-0.3, -0.25) is 0 Å². The van der Waals surface area contributed by atoms with Crippen LogP contribution in [-0.2, 0) is 6.42 Å².